The molecule has 2 heteroatoms. The number of nitrogens with two attached hydrogens (primary N) is 1. The van der Waals surface area contributed by atoms with Crippen LogP contribution >= 0.6 is 0 Å². The molecule has 0 saturated heterocycles. The average Bonchev–Trinajstić information content (AvgIpc) is 2.83. The first-order valence-electron chi connectivity index (χ1n) is 7.45. The van der Waals surface area contributed by atoms with Crippen LogP contribution < -0.4 is 5.73 Å². The molecule has 0 spiro atoms. The molecule has 0 radical (unpaired) electrons. The molecule has 106 valence electrons. The topological polar surface area (TPSA) is 26.0 Å². The highest BCUT2D eigenvalue weighted by Gasteiger charge is 2.20. The number of hydrogen-bond acceptors (Lipinski definition) is 1. The summed E-state index contributed by atoms with van der Waals surface area (Å²) in [5.74, 6) is 0. The highest BCUT2D eigenvalue weighted by molar-refractivity contribution is 6.29. The summed E-state index contributed by atoms with van der Waals surface area (Å²) >= 11 is 0. The first-order valence-corrected chi connectivity index (χ1v) is 8.45. The maximum Gasteiger partial charge on any atom is 0.0345 e. The van der Waals surface area contributed by atoms with E-state index in [1.807, 2.05) is 0 Å². The van der Waals surface area contributed by atoms with E-state index in [1.54, 1.807) is 5.20 Å². The van der Waals surface area contributed by atoms with Crippen LogP contribution in [0.25, 0.3) is 11.1 Å². The number of allylic oxidation sites excluding steroid dienone is 4. The van der Waals surface area contributed by atoms with Gasteiger partial charge in [-0.25, -0.2) is 0 Å². The van der Waals surface area contributed by atoms with Crippen LogP contribution in [-0.4, -0.2) is 10.2 Å². The molecule has 0 aromatic heterocycles. The molecule has 0 heterocycles. The van der Waals surface area contributed by atoms with Crippen molar-refractivity contribution in [3.05, 3.63) is 82.1 Å². The van der Waals surface area contributed by atoms with Gasteiger partial charge in [-0.1, -0.05) is 59.8 Å². The lowest BCUT2D eigenvalue weighted by Crippen LogP contribution is -1.96. The van der Waals surface area contributed by atoms with Crippen LogP contribution in [0.15, 0.2) is 65.4 Å². The third-order valence-electron chi connectivity index (χ3n) is 4.30. The number of benzene rings is 2. The fraction of sp³-hybridized carbons (Fsp3) is 0.158. The van der Waals surface area contributed by atoms with Crippen molar-refractivity contribution >= 4 is 21.4 Å². The molecule has 0 saturated carbocycles. The minimum Gasteiger partial charge on any atom is -0.326 e. The van der Waals surface area contributed by atoms with E-state index in [-0.39, 0.29) is 0 Å². The van der Waals surface area contributed by atoms with Gasteiger partial charge in [0.1, 0.15) is 0 Å². The van der Waals surface area contributed by atoms with E-state index in [0.29, 0.717) is 6.54 Å². The van der Waals surface area contributed by atoms with E-state index >= 15 is 0 Å². The molecule has 0 amide bonds. The van der Waals surface area contributed by atoms with Crippen LogP contribution in [0.5, 0.6) is 0 Å². The van der Waals surface area contributed by atoms with E-state index in [1.165, 1.54) is 33.4 Å². The van der Waals surface area contributed by atoms with Gasteiger partial charge in [-0.2, -0.15) is 0 Å². The second-order valence-corrected chi connectivity index (χ2v) is 6.91. The first-order chi connectivity index (χ1) is 10.2. The lowest BCUT2D eigenvalue weighted by molar-refractivity contribution is 1.07. The SMILES string of the molecule is CC1=C(c2ccc(CN)cc2)CC([SiH3])=C1c1ccccc1. The van der Waals surface area contributed by atoms with Crippen molar-refractivity contribution in [2.75, 3.05) is 0 Å². The molecule has 0 aliphatic heterocycles. The van der Waals surface area contributed by atoms with Crippen molar-refractivity contribution in [1.29, 1.82) is 0 Å². The summed E-state index contributed by atoms with van der Waals surface area (Å²) in [4.78, 5) is 0. The molecule has 2 aromatic carbocycles. The molecule has 0 bridgehead atoms. The predicted octanol–water partition coefficient (Wildman–Crippen LogP) is 3.10. The molecule has 2 aromatic rings. The van der Waals surface area contributed by atoms with Crippen molar-refractivity contribution < 1.29 is 0 Å². The molecule has 0 fully saturated rings. The molecule has 1 aliphatic rings. The predicted molar refractivity (Wildman–Crippen MR) is 94.8 cm³/mol. The number of rotatable bonds is 3. The van der Waals surface area contributed by atoms with Crippen LogP contribution in [0.2, 0.25) is 0 Å². The Balaban J connectivity index is 2.00. The molecular weight excluding hydrogens is 270 g/mol. The maximum absolute atomic E-state index is 5.69. The lowest BCUT2D eigenvalue weighted by Gasteiger charge is -2.09. The quantitative estimate of drug-likeness (QED) is 0.864. The van der Waals surface area contributed by atoms with Crippen LogP contribution in [-0.2, 0) is 6.54 Å². The van der Waals surface area contributed by atoms with Crippen LogP contribution in [0.1, 0.15) is 30.0 Å². The fourth-order valence-electron chi connectivity index (χ4n) is 3.19. The molecular formula is C19H21NSi. The minimum absolute atomic E-state index is 0.609. The second kappa shape index (κ2) is 5.84. The Morgan fingerprint density at radius 1 is 0.952 bits per heavy atom. The summed E-state index contributed by atoms with van der Waals surface area (Å²) in [7, 11) is 1.12. The van der Waals surface area contributed by atoms with Gasteiger partial charge in [0.15, 0.2) is 0 Å². The minimum atomic E-state index is 0.609. The highest BCUT2D eigenvalue weighted by atomic mass is 28.1. The zero-order chi connectivity index (χ0) is 14.8. The average molecular weight is 291 g/mol. The van der Waals surface area contributed by atoms with Crippen molar-refractivity contribution in [2.45, 2.75) is 19.9 Å². The molecule has 21 heavy (non-hydrogen) atoms. The Labute approximate surface area is 129 Å². The standard InChI is InChI=1S/C19H21NSi/c1-13-17(15-9-7-14(12-20)8-10-15)11-18(21)19(13)16-5-3-2-4-6-16/h2-10H,11-12,20H2,1,21H3. The van der Waals surface area contributed by atoms with E-state index in [2.05, 4.69) is 61.5 Å². The van der Waals surface area contributed by atoms with Gasteiger partial charge in [0, 0.05) is 16.8 Å². The van der Waals surface area contributed by atoms with E-state index in [0.717, 1.165) is 16.7 Å². The van der Waals surface area contributed by atoms with Crippen molar-refractivity contribution in [3.8, 4) is 0 Å². The van der Waals surface area contributed by atoms with E-state index < -0.39 is 0 Å². The van der Waals surface area contributed by atoms with Crippen molar-refractivity contribution in [3.63, 3.8) is 0 Å². The summed E-state index contributed by atoms with van der Waals surface area (Å²) < 4.78 is 0. The third kappa shape index (κ3) is 2.65. The summed E-state index contributed by atoms with van der Waals surface area (Å²) in [6, 6.07) is 19.5. The second-order valence-electron chi connectivity index (χ2n) is 5.70. The molecule has 0 atom stereocenters. The smallest absolute Gasteiger partial charge is 0.0345 e. The van der Waals surface area contributed by atoms with Crippen LogP contribution in [0, 0.1) is 0 Å². The van der Waals surface area contributed by atoms with E-state index in [4.69, 9.17) is 5.73 Å². The Bertz CT molecular complexity index is 709. The molecule has 3 rings (SSSR count). The normalized spacial score (nSPS) is 15.1. The summed E-state index contributed by atoms with van der Waals surface area (Å²) in [5.41, 5.74) is 14.0. The summed E-state index contributed by atoms with van der Waals surface area (Å²) in [6.07, 6.45) is 1.10. The summed E-state index contributed by atoms with van der Waals surface area (Å²) in [5, 5.41) is 1.59. The van der Waals surface area contributed by atoms with Gasteiger partial charge in [0.25, 0.3) is 0 Å². The van der Waals surface area contributed by atoms with Gasteiger partial charge >= 0.3 is 0 Å². The zero-order valence-corrected chi connectivity index (χ0v) is 14.7. The Morgan fingerprint density at radius 3 is 2.24 bits per heavy atom. The Morgan fingerprint density at radius 2 is 1.62 bits per heavy atom. The van der Waals surface area contributed by atoms with E-state index in [9.17, 15) is 0 Å². The zero-order valence-electron chi connectivity index (χ0n) is 12.7. The van der Waals surface area contributed by atoms with Crippen LogP contribution in [0.4, 0.5) is 0 Å². The first kappa shape index (κ1) is 14.1. The van der Waals surface area contributed by atoms with Gasteiger partial charge in [0.2, 0.25) is 0 Å². The molecule has 2 N–H and O–H groups in total. The molecule has 0 unspecified atom stereocenters. The van der Waals surface area contributed by atoms with Gasteiger partial charge < -0.3 is 5.73 Å². The Kier molecular flexibility index (Phi) is 3.91. The molecule has 1 aliphatic carbocycles. The summed E-state index contributed by atoms with van der Waals surface area (Å²) in [6.45, 7) is 2.87. The number of hydrogen-bond donors (Lipinski definition) is 1. The Hall–Kier alpha value is -1.90. The lowest BCUT2D eigenvalue weighted by atomic mass is 9.96. The van der Waals surface area contributed by atoms with Gasteiger partial charge in [-0.05, 0) is 46.8 Å². The van der Waals surface area contributed by atoms with Crippen molar-refractivity contribution in [2.24, 2.45) is 5.73 Å². The van der Waals surface area contributed by atoms with Gasteiger partial charge in [-0.3, -0.25) is 0 Å². The fourth-order valence-corrected chi connectivity index (χ4v) is 4.20. The largest absolute Gasteiger partial charge is 0.326 e. The highest BCUT2D eigenvalue weighted by Crippen LogP contribution is 2.41. The van der Waals surface area contributed by atoms with Crippen LogP contribution in [0.3, 0.4) is 0 Å². The van der Waals surface area contributed by atoms with Gasteiger partial charge in [0.05, 0.1) is 0 Å². The third-order valence-corrected chi connectivity index (χ3v) is 5.15. The maximum atomic E-state index is 5.69. The van der Waals surface area contributed by atoms with Crippen molar-refractivity contribution in [1.82, 2.24) is 0 Å². The molecule has 1 nitrogen and oxygen atoms in total. The monoisotopic (exact) mass is 291 g/mol. The van der Waals surface area contributed by atoms with Gasteiger partial charge in [-0.15, -0.1) is 0 Å².